The maximum absolute atomic E-state index is 12.5. The van der Waals surface area contributed by atoms with Crippen LogP contribution in [-0.2, 0) is 9.59 Å². The summed E-state index contributed by atoms with van der Waals surface area (Å²) in [6, 6.07) is 0. The summed E-state index contributed by atoms with van der Waals surface area (Å²) in [5, 5.41) is 10.3. The van der Waals surface area contributed by atoms with E-state index < -0.39 is 0 Å². The van der Waals surface area contributed by atoms with E-state index in [0.717, 1.165) is 75.3 Å². The van der Waals surface area contributed by atoms with Gasteiger partial charge >= 0.3 is 0 Å². The fourth-order valence-corrected chi connectivity index (χ4v) is 4.46. The van der Waals surface area contributed by atoms with Gasteiger partial charge in [0, 0.05) is 31.3 Å². The Hall–Kier alpha value is -1.85. The molecule has 3 aliphatic rings. The number of H-pyrrole nitrogens is 1. The van der Waals surface area contributed by atoms with E-state index in [4.69, 9.17) is 0 Å². The molecule has 1 saturated heterocycles. The Kier molecular flexibility index (Phi) is 5.27. The lowest BCUT2D eigenvalue weighted by Gasteiger charge is -2.33. The van der Waals surface area contributed by atoms with E-state index in [0.29, 0.717) is 6.42 Å². The van der Waals surface area contributed by atoms with Crippen molar-refractivity contribution in [1.82, 2.24) is 15.1 Å². The average molecular weight is 358 g/mol. The second-order valence-corrected chi connectivity index (χ2v) is 8.33. The second-order valence-electron chi connectivity index (χ2n) is 8.33. The van der Waals surface area contributed by atoms with Crippen LogP contribution in [0.5, 0.6) is 0 Å². The number of hydrogen-bond donors (Lipinski definition) is 2. The number of amides is 2. The molecule has 6 heteroatoms. The number of aromatic amines is 1. The maximum atomic E-state index is 12.5. The zero-order valence-corrected chi connectivity index (χ0v) is 15.5. The third kappa shape index (κ3) is 4.10. The molecule has 0 bridgehead atoms. The standard InChI is InChI=1S/C20H30N4O2/c25-18(10-9-14-7-8-14)24-11-3-6-16(13-24)19-17(12-21-23-19)22-20(26)15-4-1-2-5-15/h12,14-16H,1-11,13H2,(H,21,23)(H,22,26)/t16-/m1/s1. The topological polar surface area (TPSA) is 78.1 Å². The number of nitrogens with one attached hydrogen (secondary N) is 2. The first-order valence-electron chi connectivity index (χ1n) is 10.3. The predicted octanol–water partition coefficient (Wildman–Crippen LogP) is 3.43. The van der Waals surface area contributed by atoms with Gasteiger partial charge in [0.1, 0.15) is 0 Å². The van der Waals surface area contributed by atoms with Gasteiger partial charge in [-0.05, 0) is 38.0 Å². The number of aromatic nitrogens is 2. The highest BCUT2D eigenvalue weighted by Gasteiger charge is 2.30. The van der Waals surface area contributed by atoms with E-state index in [1.54, 1.807) is 6.20 Å². The Morgan fingerprint density at radius 3 is 2.73 bits per heavy atom. The van der Waals surface area contributed by atoms with Crippen LogP contribution < -0.4 is 5.32 Å². The molecule has 0 spiro atoms. The SMILES string of the molecule is O=C(Nc1cn[nH]c1[C@@H]1CCCN(C(=O)CCC2CC2)C1)C1CCCC1. The van der Waals surface area contributed by atoms with E-state index in [1.807, 2.05) is 4.90 Å². The van der Waals surface area contributed by atoms with Gasteiger partial charge in [0.2, 0.25) is 11.8 Å². The van der Waals surface area contributed by atoms with Crippen molar-refractivity contribution in [2.45, 2.75) is 70.1 Å². The predicted molar refractivity (Wildman–Crippen MR) is 99.7 cm³/mol. The monoisotopic (exact) mass is 358 g/mol. The lowest BCUT2D eigenvalue weighted by atomic mass is 9.93. The molecule has 3 fully saturated rings. The number of piperidine rings is 1. The molecule has 0 unspecified atom stereocenters. The zero-order valence-electron chi connectivity index (χ0n) is 15.5. The van der Waals surface area contributed by atoms with Gasteiger partial charge in [0.25, 0.3) is 0 Å². The summed E-state index contributed by atoms with van der Waals surface area (Å²) in [6.07, 6.45) is 12.4. The van der Waals surface area contributed by atoms with Crippen LogP contribution in [0.3, 0.4) is 0 Å². The zero-order chi connectivity index (χ0) is 17.9. The molecular weight excluding hydrogens is 328 g/mol. The Labute approximate surface area is 155 Å². The molecule has 1 aromatic rings. The number of likely N-dealkylation sites (tertiary alicyclic amines) is 1. The highest BCUT2D eigenvalue weighted by Crippen LogP contribution is 2.35. The summed E-state index contributed by atoms with van der Waals surface area (Å²) in [4.78, 5) is 27.0. The number of hydrogen-bond acceptors (Lipinski definition) is 3. The van der Waals surface area contributed by atoms with Crippen molar-refractivity contribution in [1.29, 1.82) is 0 Å². The van der Waals surface area contributed by atoms with Gasteiger partial charge in [-0.1, -0.05) is 25.7 Å². The van der Waals surface area contributed by atoms with E-state index in [-0.39, 0.29) is 23.7 Å². The molecule has 1 aromatic heterocycles. The van der Waals surface area contributed by atoms with Crippen molar-refractivity contribution in [2.75, 3.05) is 18.4 Å². The fourth-order valence-electron chi connectivity index (χ4n) is 4.46. The van der Waals surface area contributed by atoms with E-state index >= 15 is 0 Å². The summed E-state index contributed by atoms with van der Waals surface area (Å²) in [5.41, 5.74) is 1.79. The molecule has 4 rings (SSSR count). The molecule has 2 saturated carbocycles. The van der Waals surface area contributed by atoms with Crippen LogP contribution in [0.1, 0.15) is 75.8 Å². The van der Waals surface area contributed by atoms with Crippen LogP contribution in [0.2, 0.25) is 0 Å². The molecule has 1 aliphatic heterocycles. The number of rotatable bonds is 6. The molecule has 2 amide bonds. The molecule has 142 valence electrons. The minimum Gasteiger partial charge on any atom is -0.342 e. The number of anilines is 1. The van der Waals surface area contributed by atoms with Crippen LogP contribution in [0, 0.1) is 11.8 Å². The highest BCUT2D eigenvalue weighted by molar-refractivity contribution is 5.93. The minimum absolute atomic E-state index is 0.123. The summed E-state index contributed by atoms with van der Waals surface area (Å²) in [7, 11) is 0. The Bertz CT molecular complexity index is 646. The van der Waals surface area contributed by atoms with Gasteiger partial charge in [-0.3, -0.25) is 14.7 Å². The third-order valence-electron chi connectivity index (χ3n) is 6.30. The first-order valence-corrected chi connectivity index (χ1v) is 10.3. The molecule has 2 aliphatic carbocycles. The van der Waals surface area contributed by atoms with E-state index in [9.17, 15) is 9.59 Å². The first kappa shape index (κ1) is 17.6. The van der Waals surface area contributed by atoms with Gasteiger partial charge in [0.15, 0.2) is 0 Å². The van der Waals surface area contributed by atoms with Gasteiger partial charge in [-0.25, -0.2) is 0 Å². The smallest absolute Gasteiger partial charge is 0.227 e. The van der Waals surface area contributed by atoms with Crippen molar-refractivity contribution in [3.05, 3.63) is 11.9 Å². The molecule has 26 heavy (non-hydrogen) atoms. The highest BCUT2D eigenvalue weighted by atomic mass is 16.2. The first-order chi connectivity index (χ1) is 12.7. The fraction of sp³-hybridized carbons (Fsp3) is 0.750. The summed E-state index contributed by atoms with van der Waals surface area (Å²) < 4.78 is 0. The van der Waals surface area contributed by atoms with Crippen LogP contribution in [0.25, 0.3) is 0 Å². The third-order valence-corrected chi connectivity index (χ3v) is 6.30. The number of nitrogens with zero attached hydrogens (tertiary/aromatic N) is 2. The van der Waals surface area contributed by atoms with Crippen molar-refractivity contribution < 1.29 is 9.59 Å². The molecule has 1 atom stereocenters. The molecule has 0 radical (unpaired) electrons. The lowest BCUT2D eigenvalue weighted by Crippen LogP contribution is -2.39. The van der Waals surface area contributed by atoms with Crippen molar-refractivity contribution in [2.24, 2.45) is 11.8 Å². The Morgan fingerprint density at radius 1 is 1.15 bits per heavy atom. The second kappa shape index (κ2) is 7.80. The molecule has 2 N–H and O–H groups in total. The van der Waals surface area contributed by atoms with Crippen LogP contribution in [0.15, 0.2) is 6.20 Å². The van der Waals surface area contributed by atoms with Crippen molar-refractivity contribution in [3.8, 4) is 0 Å². The molecule has 0 aromatic carbocycles. The quantitative estimate of drug-likeness (QED) is 0.818. The van der Waals surface area contributed by atoms with Gasteiger partial charge in [-0.2, -0.15) is 5.10 Å². The molecular formula is C20H30N4O2. The van der Waals surface area contributed by atoms with Gasteiger partial charge in [-0.15, -0.1) is 0 Å². The average Bonchev–Trinajstić information content (AvgIpc) is 3.12. The van der Waals surface area contributed by atoms with Crippen LogP contribution >= 0.6 is 0 Å². The Morgan fingerprint density at radius 2 is 1.96 bits per heavy atom. The minimum atomic E-state index is 0.123. The molecule has 2 heterocycles. The lowest BCUT2D eigenvalue weighted by molar-refractivity contribution is -0.132. The van der Waals surface area contributed by atoms with Crippen LogP contribution in [-0.4, -0.2) is 40.0 Å². The van der Waals surface area contributed by atoms with Gasteiger partial charge < -0.3 is 10.2 Å². The maximum Gasteiger partial charge on any atom is 0.227 e. The van der Waals surface area contributed by atoms with E-state index in [1.165, 1.54) is 12.8 Å². The largest absolute Gasteiger partial charge is 0.342 e. The van der Waals surface area contributed by atoms with Crippen molar-refractivity contribution in [3.63, 3.8) is 0 Å². The normalized spacial score (nSPS) is 24.0. The van der Waals surface area contributed by atoms with Crippen LogP contribution in [0.4, 0.5) is 5.69 Å². The summed E-state index contributed by atoms with van der Waals surface area (Å²) in [6.45, 7) is 1.59. The van der Waals surface area contributed by atoms with E-state index in [2.05, 4.69) is 15.5 Å². The Balaban J connectivity index is 1.36. The summed E-state index contributed by atoms with van der Waals surface area (Å²) in [5.74, 6) is 1.58. The van der Waals surface area contributed by atoms with Gasteiger partial charge in [0.05, 0.1) is 17.6 Å². The number of carbonyl (C=O) groups excluding carboxylic acids is 2. The number of carbonyl (C=O) groups is 2. The van der Waals surface area contributed by atoms with Crippen molar-refractivity contribution >= 4 is 17.5 Å². The summed E-state index contributed by atoms with van der Waals surface area (Å²) >= 11 is 0. The molecule has 6 nitrogen and oxygen atoms in total.